The van der Waals surface area contributed by atoms with Crippen molar-refractivity contribution in [3.05, 3.63) is 35.9 Å². The summed E-state index contributed by atoms with van der Waals surface area (Å²) in [6.07, 6.45) is 0.153. The molecule has 0 spiro atoms. The number of benzene rings is 1. The average molecular weight is 235 g/mol. The van der Waals surface area contributed by atoms with E-state index < -0.39 is 6.09 Å². The van der Waals surface area contributed by atoms with Crippen LogP contribution in [0, 0.1) is 0 Å². The van der Waals surface area contributed by atoms with E-state index in [-0.39, 0.29) is 5.91 Å². The minimum Gasteiger partial charge on any atom is -0.449 e. The van der Waals surface area contributed by atoms with Crippen molar-refractivity contribution in [3.8, 4) is 0 Å². The first-order chi connectivity index (χ1) is 8.29. The molecule has 0 saturated carbocycles. The maximum Gasteiger partial charge on any atom is 0.416 e. The summed E-state index contributed by atoms with van der Waals surface area (Å²) in [6, 6.07) is 8.73. The summed E-state index contributed by atoms with van der Waals surface area (Å²) in [4.78, 5) is 24.3. The lowest BCUT2D eigenvalue weighted by molar-refractivity contribution is 0.0528. The minimum absolute atomic E-state index is 0.291. The van der Waals surface area contributed by atoms with Gasteiger partial charge in [-0.3, -0.25) is 4.79 Å². The zero-order chi connectivity index (χ0) is 12.7. The summed E-state index contributed by atoms with van der Waals surface area (Å²) in [6.45, 7) is 4.84. The van der Waals surface area contributed by atoms with Gasteiger partial charge in [0.2, 0.25) is 0 Å². The van der Waals surface area contributed by atoms with E-state index in [1.807, 2.05) is 19.9 Å². The molecule has 0 bridgehead atoms. The van der Waals surface area contributed by atoms with E-state index in [1.165, 1.54) is 0 Å². The summed E-state index contributed by atoms with van der Waals surface area (Å²) < 4.78 is 4.80. The van der Waals surface area contributed by atoms with Crippen LogP contribution >= 0.6 is 0 Å². The molecule has 0 aliphatic carbocycles. The van der Waals surface area contributed by atoms with Crippen LogP contribution < -0.4 is 0 Å². The molecule has 0 aromatic heterocycles. The monoisotopic (exact) mass is 235 g/mol. The summed E-state index contributed by atoms with van der Waals surface area (Å²) in [7, 11) is 0. The number of carbonyl (C=O) groups excluding carboxylic acids is 2. The topological polar surface area (TPSA) is 46.6 Å². The van der Waals surface area contributed by atoms with Crippen LogP contribution in [-0.2, 0) is 4.74 Å². The number of amides is 2. The molecular formula is C13H17NO3. The molecule has 1 heterocycles. The second kappa shape index (κ2) is 6.68. The lowest BCUT2D eigenvalue weighted by atomic mass is 10.2. The molecule has 0 atom stereocenters. The van der Waals surface area contributed by atoms with Crippen LogP contribution in [0.15, 0.2) is 30.3 Å². The number of rotatable bonds is 1. The molecule has 1 aromatic rings. The van der Waals surface area contributed by atoms with Gasteiger partial charge in [0.15, 0.2) is 0 Å². The van der Waals surface area contributed by atoms with E-state index in [0.717, 1.165) is 4.90 Å². The largest absolute Gasteiger partial charge is 0.449 e. The van der Waals surface area contributed by atoms with Crippen molar-refractivity contribution >= 4 is 12.0 Å². The van der Waals surface area contributed by atoms with Gasteiger partial charge in [-0.05, 0) is 18.6 Å². The van der Waals surface area contributed by atoms with Crippen LogP contribution in [0.2, 0.25) is 0 Å². The van der Waals surface area contributed by atoms with Gasteiger partial charge in [0.25, 0.3) is 5.91 Å². The van der Waals surface area contributed by atoms with Gasteiger partial charge >= 0.3 is 6.09 Å². The molecule has 0 N–H and O–H groups in total. The number of nitrogens with zero attached hydrogens (tertiary/aromatic N) is 1. The average Bonchev–Trinajstić information content (AvgIpc) is 2.42. The Kier molecular flexibility index (Phi) is 5.20. The third kappa shape index (κ3) is 3.31. The Bertz CT molecular complexity index is 376. The van der Waals surface area contributed by atoms with Crippen molar-refractivity contribution in [2.75, 3.05) is 13.2 Å². The van der Waals surface area contributed by atoms with Gasteiger partial charge in [0, 0.05) is 12.1 Å². The molecule has 1 fully saturated rings. The summed E-state index contributed by atoms with van der Waals surface area (Å²) in [5.74, 6) is -0.291. The van der Waals surface area contributed by atoms with Crippen LogP contribution in [0.25, 0.3) is 0 Å². The third-order valence-corrected chi connectivity index (χ3v) is 2.24. The molecule has 2 amide bonds. The normalized spacial score (nSPS) is 14.5. The molecular weight excluding hydrogens is 218 g/mol. The van der Waals surface area contributed by atoms with Gasteiger partial charge in [0.1, 0.15) is 0 Å². The van der Waals surface area contributed by atoms with Gasteiger partial charge < -0.3 is 4.74 Å². The van der Waals surface area contributed by atoms with E-state index >= 15 is 0 Å². The van der Waals surface area contributed by atoms with Crippen molar-refractivity contribution in [2.24, 2.45) is 0 Å². The molecule has 17 heavy (non-hydrogen) atoms. The van der Waals surface area contributed by atoms with Crippen molar-refractivity contribution < 1.29 is 14.3 Å². The highest BCUT2D eigenvalue weighted by Crippen LogP contribution is 2.10. The quantitative estimate of drug-likeness (QED) is 0.751. The Morgan fingerprint density at radius 3 is 2.47 bits per heavy atom. The fourth-order valence-corrected chi connectivity index (χ4v) is 1.47. The lowest BCUT2D eigenvalue weighted by Crippen LogP contribution is -2.42. The van der Waals surface area contributed by atoms with Gasteiger partial charge in [0.05, 0.1) is 6.61 Å². The molecule has 4 nitrogen and oxygen atoms in total. The molecule has 92 valence electrons. The van der Waals surface area contributed by atoms with Crippen molar-refractivity contribution in [1.82, 2.24) is 4.90 Å². The fourth-order valence-electron chi connectivity index (χ4n) is 1.47. The maximum absolute atomic E-state index is 11.8. The number of carbonyl (C=O) groups is 2. The SMILES string of the molecule is CC.O=C1OCCCN1C(=O)c1ccccc1. The summed E-state index contributed by atoms with van der Waals surface area (Å²) in [5, 5.41) is 0. The Hall–Kier alpha value is -1.84. The van der Waals surface area contributed by atoms with Gasteiger partial charge in [-0.2, -0.15) is 0 Å². The van der Waals surface area contributed by atoms with Gasteiger partial charge in [-0.1, -0.05) is 32.0 Å². The molecule has 1 aliphatic rings. The predicted octanol–water partition coefficient (Wildman–Crippen LogP) is 2.70. The molecule has 0 radical (unpaired) electrons. The van der Waals surface area contributed by atoms with E-state index in [0.29, 0.717) is 25.1 Å². The van der Waals surface area contributed by atoms with Crippen LogP contribution in [0.5, 0.6) is 0 Å². The standard InChI is InChI=1S/C11H11NO3.C2H6/c13-10(9-5-2-1-3-6-9)12-7-4-8-15-11(12)14;1-2/h1-3,5-6H,4,7-8H2;1-2H3. The zero-order valence-electron chi connectivity index (χ0n) is 10.2. The highest BCUT2D eigenvalue weighted by molar-refractivity contribution is 6.03. The minimum atomic E-state index is -0.546. The number of ether oxygens (including phenoxy) is 1. The summed E-state index contributed by atoms with van der Waals surface area (Å²) >= 11 is 0. The van der Waals surface area contributed by atoms with Gasteiger partial charge in [-0.25, -0.2) is 9.69 Å². The first-order valence-electron chi connectivity index (χ1n) is 5.83. The number of hydrogen-bond acceptors (Lipinski definition) is 3. The molecule has 1 aliphatic heterocycles. The van der Waals surface area contributed by atoms with E-state index in [9.17, 15) is 9.59 Å². The fraction of sp³-hybridized carbons (Fsp3) is 0.385. The van der Waals surface area contributed by atoms with E-state index in [4.69, 9.17) is 4.74 Å². The Morgan fingerprint density at radius 1 is 1.24 bits per heavy atom. The number of hydrogen-bond donors (Lipinski definition) is 0. The molecule has 2 rings (SSSR count). The van der Waals surface area contributed by atoms with Gasteiger partial charge in [-0.15, -0.1) is 0 Å². The smallest absolute Gasteiger partial charge is 0.416 e. The molecule has 1 aromatic carbocycles. The van der Waals surface area contributed by atoms with Crippen molar-refractivity contribution in [3.63, 3.8) is 0 Å². The maximum atomic E-state index is 11.8. The first-order valence-corrected chi connectivity index (χ1v) is 5.83. The predicted molar refractivity (Wildman–Crippen MR) is 64.8 cm³/mol. The van der Waals surface area contributed by atoms with Crippen LogP contribution in [0.4, 0.5) is 4.79 Å². The Balaban J connectivity index is 0.000000686. The Morgan fingerprint density at radius 2 is 1.88 bits per heavy atom. The zero-order valence-corrected chi connectivity index (χ0v) is 10.2. The third-order valence-electron chi connectivity index (χ3n) is 2.24. The molecule has 1 saturated heterocycles. The first kappa shape index (κ1) is 13.2. The van der Waals surface area contributed by atoms with E-state index in [1.54, 1.807) is 24.3 Å². The number of cyclic esters (lactones) is 1. The lowest BCUT2D eigenvalue weighted by Gasteiger charge is -2.24. The van der Waals surface area contributed by atoms with Crippen LogP contribution in [-0.4, -0.2) is 30.1 Å². The van der Waals surface area contributed by atoms with Crippen LogP contribution in [0.1, 0.15) is 30.6 Å². The summed E-state index contributed by atoms with van der Waals surface area (Å²) in [5.41, 5.74) is 0.511. The van der Waals surface area contributed by atoms with Crippen molar-refractivity contribution in [2.45, 2.75) is 20.3 Å². The molecule has 4 heteroatoms. The second-order valence-corrected chi connectivity index (χ2v) is 3.29. The van der Waals surface area contributed by atoms with Crippen molar-refractivity contribution in [1.29, 1.82) is 0 Å². The Labute approximate surface area is 101 Å². The second-order valence-electron chi connectivity index (χ2n) is 3.29. The number of imide groups is 1. The highest BCUT2D eigenvalue weighted by atomic mass is 16.6. The molecule has 0 unspecified atom stereocenters. The van der Waals surface area contributed by atoms with Crippen LogP contribution in [0.3, 0.4) is 0 Å². The highest BCUT2D eigenvalue weighted by Gasteiger charge is 2.26. The van der Waals surface area contributed by atoms with E-state index in [2.05, 4.69) is 0 Å².